The molecule has 0 atom stereocenters. The van der Waals surface area contributed by atoms with Crippen LogP contribution in [-0.4, -0.2) is 33.7 Å². The Morgan fingerprint density at radius 2 is 2.25 bits per heavy atom. The van der Waals surface area contributed by atoms with Crippen LogP contribution >= 0.6 is 34.4 Å². The smallest absolute Gasteiger partial charge is 0.174 e. The Morgan fingerprint density at radius 3 is 3.07 bits per heavy atom. The summed E-state index contributed by atoms with van der Waals surface area (Å²) in [5.74, 6) is 1.49. The molecule has 0 radical (unpaired) electrons. The normalized spacial score (nSPS) is 13.3. The van der Waals surface area contributed by atoms with Gasteiger partial charge in [0.2, 0.25) is 0 Å². The van der Waals surface area contributed by atoms with Gasteiger partial charge in [0, 0.05) is 33.7 Å². The monoisotopic (exact) mass is 506 g/mol. The fourth-order valence-electron chi connectivity index (χ4n) is 3.33. The van der Waals surface area contributed by atoms with Gasteiger partial charge in [0.05, 0.1) is 12.1 Å². The number of anilines is 1. The van der Waals surface area contributed by atoms with Crippen LogP contribution in [0.15, 0.2) is 34.4 Å². The van der Waals surface area contributed by atoms with E-state index < -0.39 is 0 Å². The number of hydrogen-bond acceptors (Lipinski definition) is 6. The van der Waals surface area contributed by atoms with E-state index in [-0.39, 0.29) is 0 Å². The number of ether oxygens (including phenoxy) is 1. The summed E-state index contributed by atoms with van der Waals surface area (Å²) >= 11 is 4.07. The van der Waals surface area contributed by atoms with E-state index in [2.05, 4.69) is 63.4 Å². The Bertz CT molecular complexity index is 1000. The van der Waals surface area contributed by atoms with Gasteiger partial charge in [0.25, 0.3) is 0 Å². The van der Waals surface area contributed by atoms with Crippen molar-refractivity contribution < 1.29 is 4.74 Å². The van der Waals surface area contributed by atoms with E-state index in [0.29, 0.717) is 11.9 Å². The molecule has 28 heavy (non-hydrogen) atoms. The third-order valence-electron chi connectivity index (χ3n) is 4.72. The highest BCUT2D eigenvalue weighted by Crippen LogP contribution is 2.38. The first-order valence-corrected chi connectivity index (χ1v) is 11.4. The average molecular weight is 506 g/mol. The van der Waals surface area contributed by atoms with Crippen molar-refractivity contribution in [2.45, 2.75) is 49.3 Å². The highest BCUT2D eigenvalue weighted by Gasteiger charge is 2.19. The first-order chi connectivity index (χ1) is 13.5. The van der Waals surface area contributed by atoms with Crippen molar-refractivity contribution >= 4 is 51.2 Å². The number of nitrogens with zero attached hydrogens (tertiary/aromatic N) is 3. The van der Waals surface area contributed by atoms with Crippen LogP contribution in [0.2, 0.25) is 0 Å². The number of aryl methyl sites for hydroxylation is 1. The van der Waals surface area contributed by atoms with Gasteiger partial charge in [-0.3, -0.25) is 0 Å². The van der Waals surface area contributed by atoms with Gasteiger partial charge in [-0.25, -0.2) is 9.97 Å². The van der Waals surface area contributed by atoms with Crippen molar-refractivity contribution in [1.82, 2.24) is 19.9 Å². The Morgan fingerprint density at radius 1 is 1.39 bits per heavy atom. The van der Waals surface area contributed by atoms with Crippen LogP contribution in [0.4, 0.5) is 5.82 Å². The van der Waals surface area contributed by atoms with E-state index in [0.717, 1.165) is 54.5 Å². The molecule has 0 bridgehead atoms. The number of rotatable bonds is 7. The zero-order valence-electron chi connectivity index (χ0n) is 16.0. The summed E-state index contributed by atoms with van der Waals surface area (Å²) in [4.78, 5) is 10.3. The molecule has 6 nitrogen and oxygen atoms in total. The lowest BCUT2D eigenvalue weighted by Crippen LogP contribution is -2.24. The van der Waals surface area contributed by atoms with Gasteiger partial charge in [0.1, 0.15) is 11.3 Å². The summed E-state index contributed by atoms with van der Waals surface area (Å²) < 4.78 is 9.13. The second kappa shape index (κ2) is 8.46. The number of hydrogen-bond donors (Lipinski definition) is 2. The van der Waals surface area contributed by atoms with Crippen molar-refractivity contribution in [3.8, 4) is 5.75 Å². The van der Waals surface area contributed by atoms with Gasteiger partial charge >= 0.3 is 0 Å². The van der Waals surface area contributed by atoms with Crippen molar-refractivity contribution in [3.05, 3.63) is 33.5 Å². The number of imidazole rings is 1. The van der Waals surface area contributed by atoms with Crippen molar-refractivity contribution in [3.63, 3.8) is 0 Å². The lowest BCUT2D eigenvalue weighted by molar-refractivity contribution is 0.356. The topological polar surface area (TPSA) is 78.0 Å². The van der Waals surface area contributed by atoms with Crippen LogP contribution in [0.5, 0.6) is 5.75 Å². The van der Waals surface area contributed by atoms with Gasteiger partial charge in [-0.15, -0.1) is 0 Å². The molecule has 0 aliphatic carbocycles. The number of aromatic nitrogens is 3. The van der Waals surface area contributed by atoms with Crippen LogP contribution in [0, 0.1) is 3.57 Å². The number of nitrogens with one attached hydrogen (secondary N) is 1. The summed E-state index contributed by atoms with van der Waals surface area (Å²) in [5.41, 5.74) is 9.19. The molecule has 4 rings (SSSR count). The van der Waals surface area contributed by atoms with Gasteiger partial charge in [-0.05, 0) is 59.3 Å². The minimum absolute atomic E-state index is 0.482. The second-order valence-corrected chi connectivity index (χ2v) is 9.33. The van der Waals surface area contributed by atoms with E-state index in [1.165, 1.54) is 14.0 Å². The van der Waals surface area contributed by atoms with Gasteiger partial charge in [0.15, 0.2) is 11.0 Å². The van der Waals surface area contributed by atoms with E-state index in [1.807, 2.05) is 6.07 Å². The molecule has 0 unspecified atom stereocenters. The maximum absolute atomic E-state index is 6.10. The summed E-state index contributed by atoms with van der Waals surface area (Å²) in [6, 6.07) is 6.85. The number of fused-ring (bicyclic) bond motifs is 2. The fourth-order valence-corrected chi connectivity index (χ4v) is 5.09. The molecule has 8 heteroatoms. The Kier molecular flexibility index (Phi) is 5.98. The lowest BCUT2D eigenvalue weighted by atomic mass is 10.2. The molecule has 0 amide bonds. The first kappa shape index (κ1) is 19.8. The maximum atomic E-state index is 6.10. The largest absolute Gasteiger partial charge is 0.493 e. The van der Waals surface area contributed by atoms with Crippen molar-refractivity contribution in [2.24, 2.45) is 0 Å². The molecule has 148 valence electrons. The third kappa shape index (κ3) is 4.08. The zero-order valence-corrected chi connectivity index (χ0v) is 19.0. The van der Waals surface area contributed by atoms with Crippen molar-refractivity contribution in [2.75, 3.05) is 18.9 Å². The number of pyridine rings is 1. The molecular formula is C20H24IN5OS. The Hall–Kier alpha value is -1.52. The van der Waals surface area contributed by atoms with Crippen LogP contribution in [0.3, 0.4) is 0 Å². The second-order valence-electron chi connectivity index (χ2n) is 7.16. The predicted octanol–water partition coefficient (Wildman–Crippen LogP) is 4.09. The molecule has 1 aromatic carbocycles. The van der Waals surface area contributed by atoms with Crippen molar-refractivity contribution in [1.29, 1.82) is 0 Å². The highest BCUT2D eigenvalue weighted by molar-refractivity contribution is 14.1. The molecular weight excluding hydrogens is 482 g/mol. The molecule has 0 fully saturated rings. The molecule has 0 saturated carbocycles. The standard InChI is InChI=1S/C20H24IN5OS/c1-12(2)23-6-3-8-26-15-4-7-24-19(22)18(15)25-20(26)28-17-10-13-5-9-27-16(13)11-14(17)21/h4,7,10-12,23H,3,5-6,8-9H2,1-2H3,(H2,22,24)/i21-3. The lowest BCUT2D eigenvalue weighted by Gasteiger charge is -2.12. The molecule has 3 N–H and O–H groups in total. The maximum Gasteiger partial charge on any atom is 0.174 e. The number of halogens is 1. The van der Waals surface area contributed by atoms with E-state index >= 15 is 0 Å². The predicted molar refractivity (Wildman–Crippen MR) is 122 cm³/mol. The number of nitrogen functional groups attached to an aromatic ring is 1. The first-order valence-electron chi connectivity index (χ1n) is 9.50. The minimum atomic E-state index is 0.482. The van der Waals surface area contributed by atoms with Gasteiger partial charge in [-0.2, -0.15) is 0 Å². The zero-order chi connectivity index (χ0) is 19.7. The molecule has 3 aromatic rings. The molecule has 2 aromatic heterocycles. The van der Waals surface area contributed by atoms with E-state index in [1.54, 1.807) is 18.0 Å². The number of nitrogens with two attached hydrogens (primary N) is 1. The van der Waals surface area contributed by atoms with Gasteiger partial charge in [-0.1, -0.05) is 25.6 Å². The molecule has 1 aliphatic rings. The summed E-state index contributed by atoms with van der Waals surface area (Å²) in [7, 11) is 0. The van der Waals surface area contributed by atoms with Gasteiger partial charge < -0.3 is 20.4 Å². The van der Waals surface area contributed by atoms with Crippen LogP contribution < -0.4 is 15.8 Å². The molecule has 0 spiro atoms. The Labute approximate surface area is 182 Å². The molecule has 3 heterocycles. The average Bonchev–Trinajstić information content (AvgIpc) is 3.24. The van der Waals surface area contributed by atoms with E-state index in [4.69, 9.17) is 15.5 Å². The molecule has 0 saturated heterocycles. The summed E-state index contributed by atoms with van der Waals surface area (Å²) in [6.45, 7) is 6.95. The third-order valence-corrected chi connectivity index (χ3v) is 7.03. The van der Waals surface area contributed by atoms with E-state index in [9.17, 15) is 0 Å². The fraction of sp³-hybridized carbons (Fsp3) is 0.400. The highest BCUT2D eigenvalue weighted by atomic mass is 124. The number of benzene rings is 1. The summed E-state index contributed by atoms with van der Waals surface area (Å²) in [6.07, 6.45) is 3.75. The molecule has 1 aliphatic heterocycles. The Balaban J connectivity index is 1.66. The summed E-state index contributed by atoms with van der Waals surface area (Å²) in [5, 5.41) is 4.44. The minimum Gasteiger partial charge on any atom is -0.493 e. The SMILES string of the molecule is CC(C)NCCCn1c(Sc2cc3c(cc2[124I])OCC3)nc2c(N)nccc21. The van der Waals surface area contributed by atoms with Crippen LogP contribution in [0.1, 0.15) is 25.8 Å². The van der Waals surface area contributed by atoms with Crippen LogP contribution in [0.25, 0.3) is 11.0 Å². The quantitative estimate of drug-likeness (QED) is 0.371. The van der Waals surface area contributed by atoms with Crippen LogP contribution in [-0.2, 0) is 13.0 Å².